The summed E-state index contributed by atoms with van der Waals surface area (Å²) in [5, 5.41) is 6.58. The van der Waals surface area contributed by atoms with Gasteiger partial charge < -0.3 is 20.3 Å². The minimum Gasteiger partial charge on any atom is -0.484 e. The standard InChI is InChI=1S/C22H36F3N5O.HI/c1-16(2)19(30-10-8-29(5)9-11-30)14-28-21(26-4)27-13-18-7-6-17(3)12-20(18)31-15-22(23,24)25;/h6-7,12,16,19H,8-11,13-15H2,1-5H3,(H2,26,27,28);1H. The first-order valence-electron chi connectivity index (χ1n) is 10.7. The summed E-state index contributed by atoms with van der Waals surface area (Å²) in [5.41, 5.74) is 1.49. The first-order valence-corrected chi connectivity index (χ1v) is 10.7. The number of nitrogens with zero attached hydrogens (tertiary/aromatic N) is 3. The number of piperazine rings is 1. The molecule has 1 unspecified atom stereocenters. The third kappa shape index (κ3) is 9.70. The van der Waals surface area contributed by atoms with Crippen molar-refractivity contribution in [2.24, 2.45) is 10.9 Å². The number of alkyl halides is 3. The zero-order valence-corrected chi connectivity index (χ0v) is 22.0. The van der Waals surface area contributed by atoms with Crippen LogP contribution in [0.5, 0.6) is 5.75 Å². The van der Waals surface area contributed by atoms with Crippen LogP contribution in [0.3, 0.4) is 0 Å². The second kappa shape index (κ2) is 13.4. The van der Waals surface area contributed by atoms with Gasteiger partial charge in [-0.1, -0.05) is 26.0 Å². The Bertz CT molecular complexity index is 722. The first kappa shape index (κ1) is 28.8. The molecule has 0 bridgehead atoms. The number of guanidine groups is 1. The number of aliphatic imine (C=N–C) groups is 1. The Morgan fingerprint density at radius 3 is 2.38 bits per heavy atom. The average molecular weight is 571 g/mol. The second-order valence-electron chi connectivity index (χ2n) is 8.47. The molecule has 2 N–H and O–H groups in total. The molecule has 0 spiro atoms. The van der Waals surface area contributed by atoms with Gasteiger partial charge in [0.2, 0.25) is 0 Å². The predicted molar refractivity (Wildman–Crippen MR) is 134 cm³/mol. The van der Waals surface area contributed by atoms with Crippen molar-refractivity contribution in [3.05, 3.63) is 29.3 Å². The highest BCUT2D eigenvalue weighted by molar-refractivity contribution is 14.0. The van der Waals surface area contributed by atoms with Gasteiger partial charge in [0.05, 0.1) is 0 Å². The van der Waals surface area contributed by atoms with Crippen molar-refractivity contribution in [3.63, 3.8) is 0 Å². The molecule has 1 fully saturated rings. The van der Waals surface area contributed by atoms with Crippen LogP contribution in [0.25, 0.3) is 0 Å². The second-order valence-corrected chi connectivity index (χ2v) is 8.47. The highest BCUT2D eigenvalue weighted by Gasteiger charge is 2.29. The lowest BCUT2D eigenvalue weighted by atomic mass is 10.0. The summed E-state index contributed by atoms with van der Waals surface area (Å²) in [4.78, 5) is 9.11. The van der Waals surface area contributed by atoms with Crippen LogP contribution in [0.4, 0.5) is 13.2 Å². The molecule has 1 aromatic carbocycles. The van der Waals surface area contributed by atoms with E-state index in [0.717, 1.165) is 38.3 Å². The molecule has 1 aliphatic rings. The number of likely N-dealkylation sites (N-methyl/N-ethyl adjacent to an activating group) is 1. The molecule has 2 rings (SSSR count). The summed E-state index contributed by atoms with van der Waals surface area (Å²) in [6.45, 7) is 10.2. The quantitative estimate of drug-likeness (QED) is 0.285. The van der Waals surface area contributed by atoms with Crippen LogP contribution in [0.15, 0.2) is 23.2 Å². The van der Waals surface area contributed by atoms with E-state index < -0.39 is 12.8 Å². The topological polar surface area (TPSA) is 52.1 Å². The maximum absolute atomic E-state index is 12.6. The number of halogens is 4. The Balaban J connectivity index is 0.00000512. The molecule has 0 radical (unpaired) electrons. The van der Waals surface area contributed by atoms with Gasteiger partial charge in [-0.25, -0.2) is 0 Å². The van der Waals surface area contributed by atoms with Crippen LogP contribution in [-0.4, -0.2) is 81.4 Å². The largest absolute Gasteiger partial charge is 0.484 e. The molecule has 0 aliphatic carbocycles. The number of rotatable bonds is 8. The van der Waals surface area contributed by atoms with E-state index in [-0.39, 0.29) is 29.7 Å². The Labute approximate surface area is 207 Å². The average Bonchev–Trinajstić information content (AvgIpc) is 2.70. The number of benzene rings is 1. The van der Waals surface area contributed by atoms with E-state index in [0.29, 0.717) is 30.0 Å². The molecule has 184 valence electrons. The number of nitrogens with one attached hydrogen (secondary N) is 2. The number of hydrogen-bond acceptors (Lipinski definition) is 4. The van der Waals surface area contributed by atoms with Gasteiger partial charge in [-0.3, -0.25) is 9.89 Å². The third-order valence-electron chi connectivity index (χ3n) is 5.54. The van der Waals surface area contributed by atoms with E-state index in [2.05, 4.69) is 46.3 Å². The molecular weight excluding hydrogens is 534 g/mol. The SMILES string of the molecule is CN=C(NCc1ccc(C)cc1OCC(F)(F)F)NCC(C(C)C)N1CCN(C)CC1.I. The molecule has 0 aromatic heterocycles. The van der Waals surface area contributed by atoms with Crippen molar-refractivity contribution in [1.29, 1.82) is 0 Å². The third-order valence-corrected chi connectivity index (χ3v) is 5.54. The van der Waals surface area contributed by atoms with Crippen LogP contribution >= 0.6 is 24.0 Å². The first-order chi connectivity index (χ1) is 14.6. The van der Waals surface area contributed by atoms with Crippen LogP contribution in [0, 0.1) is 12.8 Å². The molecule has 0 amide bonds. The molecule has 1 atom stereocenters. The molecule has 1 heterocycles. The van der Waals surface area contributed by atoms with E-state index in [1.54, 1.807) is 19.2 Å². The minimum absolute atomic E-state index is 0. The normalized spacial score (nSPS) is 17.1. The van der Waals surface area contributed by atoms with E-state index in [4.69, 9.17) is 4.74 Å². The molecule has 1 aromatic rings. The smallest absolute Gasteiger partial charge is 0.422 e. The van der Waals surface area contributed by atoms with Gasteiger partial charge in [-0.05, 0) is 31.5 Å². The number of aryl methyl sites for hydroxylation is 1. The van der Waals surface area contributed by atoms with Crippen molar-refractivity contribution < 1.29 is 17.9 Å². The van der Waals surface area contributed by atoms with Crippen molar-refractivity contribution >= 4 is 29.9 Å². The number of hydrogen-bond donors (Lipinski definition) is 2. The van der Waals surface area contributed by atoms with Crippen molar-refractivity contribution in [2.45, 2.75) is 39.5 Å². The minimum atomic E-state index is -4.37. The van der Waals surface area contributed by atoms with E-state index in [1.807, 2.05) is 13.0 Å². The van der Waals surface area contributed by atoms with Crippen LogP contribution in [0.1, 0.15) is 25.0 Å². The van der Waals surface area contributed by atoms with Gasteiger partial charge in [0.15, 0.2) is 12.6 Å². The molecule has 1 aliphatic heterocycles. The van der Waals surface area contributed by atoms with Crippen molar-refractivity contribution in [2.75, 3.05) is 53.4 Å². The van der Waals surface area contributed by atoms with Gasteiger partial charge in [0.1, 0.15) is 5.75 Å². The molecular formula is C22H37F3IN5O. The van der Waals surface area contributed by atoms with Gasteiger partial charge in [0.25, 0.3) is 0 Å². The fourth-order valence-electron chi connectivity index (χ4n) is 3.64. The Morgan fingerprint density at radius 1 is 1.16 bits per heavy atom. The molecule has 32 heavy (non-hydrogen) atoms. The maximum Gasteiger partial charge on any atom is 0.422 e. The maximum atomic E-state index is 12.6. The lowest BCUT2D eigenvalue weighted by molar-refractivity contribution is -0.153. The van der Waals surface area contributed by atoms with Crippen LogP contribution in [-0.2, 0) is 6.54 Å². The highest BCUT2D eigenvalue weighted by atomic mass is 127. The summed E-state index contributed by atoms with van der Waals surface area (Å²) in [7, 11) is 3.83. The van der Waals surface area contributed by atoms with E-state index in [1.165, 1.54) is 0 Å². The van der Waals surface area contributed by atoms with E-state index in [9.17, 15) is 13.2 Å². The Morgan fingerprint density at radius 2 is 1.81 bits per heavy atom. The van der Waals surface area contributed by atoms with E-state index >= 15 is 0 Å². The van der Waals surface area contributed by atoms with Gasteiger partial charge in [0, 0.05) is 57.9 Å². The van der Waals surface area contributed by atoms with Crippen molar-refractivity contribution in [1.82, 2.24) is 20.4 Å². The fourth-order valence-corrected chi connectivity index (χ4v) is 3.64. The Hall–Kier alpha value is -1.27. The summed E-state index contributed by atoms with van der Waals surface area (Å²) >= 11 is 0. The summed E-state index contributed by atoms with van der Waals surface area (Å²) in [5.74, 6) is 1.33. The highest BCUT2D eigenvalue weighted by Crippen LogP contribution is 2.23. The molecule has 10 heteroatoms. The van der Waals surface area contributed by atoms with Gasteiger partial charge in [-0.15, -0.1) is 24.0 Å². The lowest BCUT2D eigenvalue weighted by Crippen LogP contribution is -2.55. The zero-order chi connectivity index (χ0) is 23.0. The fraction of sp³-hybridized carbons (Fsp3) is 0.682. The molecule has 6 nitrogen and oxygen atoms in total. The number of ether oxygens (including phenoxy) is 1. The summed E-state index contributed by atoms with van der Waals surface area (Å²) < 4.78 is 42.8. The summed E-state index contributed by atoms with van der Waals surface area (Å²) in [6.07, 6.45) is -4.37. The summed E-state index contributed by atoms with van der Waals surface area (Å²) in [6, 6.07) is 5.64. The molecule has 0 saturated carbocycles. The molecule has 1 saturated heterocycles. The monoisotopic (exact) mass is 571 g/mol. The van der Waals surface area contributed by atoms with Crippen LogP contribution < -0.4 is 15.4 Å². The van der Waals surface area contributed by atoms with Gasteiger partial charge in [-0.2, -0.15) is 13.2 Å². The Kier molecular flexibility index (Phi) is 12.1. The van der Waals surface area contributed by atoms with Gasteiger partial charge >= 0.3 is 6.18 Å². The van der Waals surface area contributed by atoms with Crippen LogP contribution in [0.2, 0.25) is 0 Å². The van der Waals surface area contributed by atoms with Crippen molar-refractivity contribution in [3.8, 4) is 5.75 Å². The predicted octanol–water partition coefficient (Wildman–Crippen LogP) is 3.49. The zero-order valence-electron chi connectivity index (χ0n) is 19.6. The lowest BCUT2D eigenvalue weighted by Gasteiger charge is -2.40.